The van der Waals surface area contributed by atoms with Crippen molar-refractivity contribution in [2.75, 3.05) is 0 Å². The van der Waals surface area contributed by atoms with Crippen molar-refractivity contribution >= 4 is 11.6 Å². The predicted molar refractivity (Wildman–Crippen MR) is 86.0 cm³/mol. The standard InChI is InChI=1S/C19H14ClF/c20-19(17-8-4-5-9-18(17)21)16-12-10-15(11-13-16)14-6-2-1-3-7-14/h1-13,19H. The number of halogens is 2. The van der Waals surface area contributed by atoms with Gasteiger partial charge in [0.25, 0.3) is 0 Å². The van der Waals surface area contributed by atoms with E-state index in [9.17, 15) is 4.39 Å². The zero-order valence-electron chi connectivity index (χ0n) is 11.3. The minimum atomic E-state index is -0.476. The van der Waals surface area contributed by atoms with Crippen molar-refractivity contribution in [3.8, 4) is 11.1 Å². The molecule has 0 spiro atoms. The predicted octanol–water partition coefficient (Wildman–Crippen LogP) is 5.82. The monoisotopic (exact) mass is 296 g/mol. The molecule has 2 heteroatoms. The van der Waals surface area contributed by atoms with Crippen molar-refractivity contribution in [2.45, 2.75) is 5.38 Å². The molecule has 1 atom stereocenters. The van der Waals surface area contributed by atoms with E-state index in [1.807, 2.05) is 42.5 Å². The van der Waals surface area contributed by atoms with Crippen LogP contribution in [0, 0.1) is 5.82 Å². The molecule has 0 radical (unpaired) electrons. The smallest absolute Gasteiger partial charge is 0.128 e. The van der Waals surface area contributed by atoms with Gasteiger partial charge in [-0.3, -0.25) is 0 Å². The second-order valence-corrected chi connectivity index (χ2v) is 5.31. The Morgan fingerprint density at radius 1 is 0.667 bits per heavy atom. The van der Waals surface area contributed by atoms with E-state index in [2.05, 4.69) is 12.1 Å². The van der Waals surface area contributed by atoms with Gasteiger partial charge in [0, 0.05) is 5.56 Å². The van der Waals surface area contributed by atoms with Crippen LogP contribution in [0.15, 0.2) is 78.9 Å². The van der Waals surface area contributed by atoms with Crippen LogP contribution in [0.3, 0.4) is 0 Å². The summed E-state index contributed by atoms with van der Waals surface area (Å²) >= 11 is 6.40. The summed E-state index contributed by atoms with van der Waals surface area (Å²) in [6.45, 7) is 0. The molecule has 0 aliphatic carbocycles. The SMILES string of the molecule is Fc1ccccc1C(Cl)c1ccc(-c2ccccc2)cc1. The molecule has 3 aromatic rings. The number of hydrogen-bond acceptors (Lipinski definition) is 0. The molecule has 0 N–H and O–H groups in total. The second kappa shape index (κ2) is 6.11. The van der Waals surface area contributed by atoms with E-state index in [0.717, 1.165) is 16.7 Å². The molecule has 0 heterocycles. The fraction of sp³-hybridized carbons (Fsp3) is 0.0526. The third kappa shape index (κ3) is 2.98. The molecular weight excluding hydrogens is 283 g/mol. The molecule has 0 amide bonds. The molecule has 0 fully saturated rings. The van der Waals surface area contributed by atoms with Gasteiger partial charge in [-0.05, 0) is 22.8 Å². The molecule has 0 saturated carbocycles. The van der Waals surface area contributed by atoms with E-state index in [0.29, 0.717) is 5.56 Å². The van der Waals surface area contributed by atoms with E-state index in [-0.39, 0.29) is 5.82 Å². The van der Waals surface area contributed by atoms with Gasteiger partial charge in [-0.15, -0.1) is 11.6 Å². The van der Waals surface area contributed by atoms with E-state index in [4.69, 9.17) is 11.6 Å². The lowest BCUT2D eigenvalue weighted by Crippen LogP contribution is -1.96. The number of hydrogen-bond donors (Lipinski definition) is 0. The van der Waals surface area contributed by atoms with Crippen molar-refractivity contribution in [3.05, 3.63) is 95.8 Å². The molecule has 1 unspecified atom stereocenters. The summed E-state index contributed by atoms with van der Waals surface area (Å²) < 4.78 is 13.8. The maximum atomic E-state index is 13.8. The van der Waals surface area contributed by atoms with E-state index < -0.39 is 5.38 Å². The molecule has 3 aromatic carbocycles. The first-order valence-corrected chi connectivity index (χ1v) is 7.23. The van der Waals surface area contributed by atoms with Crippen molar-refractivity contribution in [2.24, 2.45) is 0 Å². The molecule has 3 rings (SSSR count). The Labute approximate surface area is 128 Å². The lowest BCUT2D eigenvalue weighted by Gasteiger charge is -2.12. The zero-order chi connectivity index (χ0) is 14.7. The van der Waals surface area contributed by atoms with Crippen LogP contribution in [0.4, 0.5) is 4.39 Å². The lowest BCUT2D eigenvalue weighted by atomic mass is 10.00. The van der Waals surface area contributed by atoms with E-state index in [1.165, 1.54) is 6.07 Å². The van der Waals surface area contributed by atoms with Gasteiger partial charge in [-0.25, -0.2) is 4.39 Å². The summed E-state index contributed by atoms with van der Waals surface area (Å²) in [5.41, 5.74) is 3.67. The van der Waals surface area contributed by atoms with Crippen LogP contribution >= 0.6 is 11.6 Å². The van der Waals surface area contributed by atoms with E-state index in [1.54, 1.807) is 18.2 Å². The minimum Gasteiger partial charge on any atom is -0.207 e. The van der Waals surface area contributed by atoms with Gasteiger partial charge < -0.3 is 0 Å². The maximum absolute atomic E-state index is 13.8. The quantitative estimate of drug-likeness (QED) is 0.534. The Kier molecular flexibility index (Phi) is 4.03. The van der Waals surface area contributed by atoms with Gasteiger partial charge in [0.15, 0.2) is 0 Å². The number of benzene rings is 3. The third-order valence-corrected chi connectivity index (χ3v) is 3.98. The average Bonchev–Trinajstić information content (AvgIpc) is 2.56. The van der Waals surface area contributed by atoms with Gasteiger partial charge in [-0.1, -0.05) is 72.8 Å². The van der Waals surface area contributed by atoms with Gasteiger partial charge in [0.2, 0.25) is 0 Å². The minimum absolute atomic E-state index is 0.273. The first-order chi connectivity index (χ1) is 10.3. The highest BCUT2D eigenvalue weighted by Gasteiger charge is 2.14. The van der Waals surface area contributed by atoms with Crippen molar-refractivity contribution in [1.29, 1.82) is 0 Å². The molecule has 0 aliphatic rings. The molecule has 0 bridgehead atoms. The molecule has 0 nitrogen and oxygen atoms in total. The Balaban J connectivity index is 1.89. The highest BCUT2D eigenvalue weighted by Crippen LogP contribution is 2.31. The summed E-state index contributed by atoms with van der Waals surface area (Å²) in [6.07, 6.45) is 0. The number of rotatable bonds is 3. The van der Waals surface area contributed by atoms with Crippen molar-refractivity contribution < 1.29 is 4.39 Å². The average molecular weight is 297 g/mol. The fourth-order valence-electron chi connectivity index (χ4n) is 2.34. The van der Waals surface area contributed by atoms with Crippen LogP contribution in [0.2, 0.25) is 0 Å². The van der Waals surface area contributed by atoms with Gasteiger partial charge >= 0.3 is 0 Å². The zero-order valence-corrected chi connectivity index (χ0v) is 12.1. The Morgan fingerprint density at radius 3 is 1.90 bits per heavy atom. The summed E-state index contributed by atoms with van der Waals surface area (Å²) in [6, 6.07) is 24.7. The number of alkyl halides is 1. The van der Waals surface area contributed by atoms with Crippen LogP contribution in [0.5, 0.6) is 0 Å². The van der Waals surface area contributed by atoms with Crippen LogP contribution in [0.1, 0.15) is 16.5 Å². The van der Waals surface area contributed by atoms with Gasteiger partial charge in [0.05, 0.1) is 5.38 Å². The maximum Gasteiger partial charge on any atom is 0.128 e. The normalized spacial score (nSPS) is 12.1. The van der Waals surface area contributed by atoms with E-state index >= 15 is 0 Å². The molecule has 21 heavy (non-hydrogen) atoms. The fourth-order valence-corrected chi connectivity index (χ4v) is 2.66. The van der Waals surface area contributed by atoms with Crippen LogP contribution in [-0.4, -0.2) is 0 Å². The van der Waals surface area contributed by atoms with Crippen LogP contribution < -0.4 is 0 Å². The lowest BCUT2D eigenvalue weighted by molar-refractivity contribution is 0.612. The largest absolute Gasteiger partial charge is 0.207 e. The van der Waals surface area contributed by atoms with Crippen LogP contribution in [0.25, 0.3) is 11.1 Å². The van der Waals surface area contributed by atoms with Crippen LogP contribution in [-0.2, 0) is 0 Å². The van der Waals surface area contributed by atoms with Crippen molar-refractivity contribution in [3.63, 3.8) is 0 Å². The molecule has 104 valence electrons. The Hall–Kier alpha value is -2.12. The molecule has 0 saturated heterocycles. The van der Waals surface area contributed by atoms with Gasteiger partial charge in [-0.2, -0.15) is 0 Å². The highest BCUT2D eigenvalue weighted by atomic mass is 35.5. The second-order valence-electron chi connectivity index (χ2n) is 4.87. The first-order valence-electron chi connectivity index (χ1n) is 6.79. The summed E-state index contributed by atoms with van der Waals surface area (Å²) in [5.74, 6) is -0.273. The Bertz CT molecular complexity index is 720. The Morgan fingerprint density at radius 2 is 1.24 bits per heavy atom. The third-order valence-electron chi connectivity index (χ3n) is 3.49. The van der Waals surface area contributed by atoms with Crippen molar-refractivity contribution in [1.82, 2.24) is 0 Å². The molecule has 0 aromatic heterocycles. The van der Waals surface area contributed by atoms with Gasteiger partial charge in [0.1, 0.15) is 5.82 Å². The molecule has 0 aliphatic heterocycles. The topological polar surface area (TPSA) is 0 Å². The summed E-state index contributed by atoms with van der Waals surface area (Å²) in [7, 11) is 0. The summed E-state index contributed by atoms with van der Waals surface area (Å²) in [5, 5.41) is -0.476. The first kappa shape index (κ1) is 13.8. The summed E-state index contributed by atoms with van der Waals surface area (Å²) in [4.78, 5) is 0. The highest BCUT2D eigenvalue weighted by molar-refractivity contribution is 6.22. The molecular formula is C19H14ClF.